The smallest absolute Gasteiger partial charge is 0.330 e. The first kappa shape index (κ1) is 26.2. The van der Waals surface area contributed by atoms with Gasteiger partial charge in [-0.25, -0.2) is 23.3 Å². The van der Waals surface area contributed by atoms with Crippen molar-refractivity contribution in [1.82, 2.24) is 25.4 Å². The Bertz CT molecular complexity index is 1200. The molecule has 11 heteroatoms. The second-order valence-electron chi connectivity index (χ2n) is 9.24. The highest BCUT2D eigenvalue weighted by Gasteiger charge is 2.41. The molecule has 2 aliphatic rings. The van der Waals surface area contributed by atoms with Crippen LogP contribution in [0.25, 0.3) is 0 Å². The van der Waals surface area contributed by atoms with Gasteiger partial charge in [-0.15, -0.1) is 0 Å². The Morgan fingerprint density at radius 1 is 1.16 bits per heavy atom. The number of carbonyl (C=O) groups is 3. The highest BCUT2D eigenvalue weighted by atomic mass is 19.2. The highest BCUT2D eigenvalue weighted by Crippen LogP contribution is 2.34. The van der Waals surface area contributed by atoms with Gasteiger partial charge in [-0.3, -0.25) is 9.78 Å². The monoisotopic (exact) mass is 512 g/mol. The maximum atomic E-state index is 14.0. The fourth-order valence-corrected chi connectivity index (χ4v) is 4.92. The van der Waals surface area contributed by atoms with Gasteiger partial charge in [0.2, 0.25) is 5.91 Å². The number of benzene rings is 1. The lowest BCUT2D eigenvalue weighted by Gasteiger charge is -2.36. The summed E-state index contributed by atoms with van der Waals surface area (Å²) >= 11 is 0. The van der Waals surface area contributed by atoms with E-state index in [0.717, 1.165) is 55.2 Å². The van der Waals surface area contributed by atoms with Crippen molar-refractivity contribution in [2.75, 3.05) is 26.2 Å². The van der Waals surface area contributed by atoms with E-state index in [1.807, 2.05) is 18.3 Å². The average Bonchev–Trinajstić information content (AvgIpc) is 2.88. The number of amides is 5. The van der Waals surface area contributed by atoms with Gasteiger partial charge in [-0.05, 0) is 75.6 Å². The molecule has 1 unspecified atom stereocenters. The number of nitrogens with two attached hydrogens (primary N) is 1. The molecule has 0 spiro atoms. The van der Waals surface area contributed by atoms with Crippen LogP contribution in [0, 0.1) is 11.6 Å². The number of likely N-dealkylation sites (tertiary alicyclic amines) is 1. The van der Waals surface area contributed by atoms with Crippen LogP contribution >= 0.6 is 0 Å². The zero-order chi connectivity index (χ0) is 26.5. The molecule has 37 heavy (non-hydrogen) atoms. The van der Waals surface area contributed by atoms with E-state index in [1.54, 1.807) is 0 Å². The summed E-state index contributed by atoms with van der Waals surface area (Å²) in [5.74, 6) is -2.71. The predicted octanol–water partition coefficient (Wildman–Crippen LogP) is 3.16. The van der Waals surface area contributed by atoms with Crippen molar-refractivity contribution in [2.45, 2.75) is 38.1 Å². The molecule has 4 N–H and O–H groups in total. The van der Waals surface area contributed by atoms with Gasteiger partial charge >= 0.3 is 12.1 Å². The van der Waals surface area contributed by atoms with Gasteiger partial charge in [0, 0.05) is 30.1 Å². The van der Waals surface area contributed by atoms with Crippen molar-refractivity contribution in [2.24, 2.45) is 5.73 Å². The zero-order valence-corrected chi connectivity index (χ0v) is 20.5. The summed E-state index contributed by atoms with van der Waals surface area (Å²) in [6, 6.07) is 6.04. The number of primary amides is 1. The van der Waals surface area contributed by atoms with Crippen molar-refractivity contribution < 1.29 is 23.2 Å². The number of nitrogens with one attached hydrogen (secondary N) is 2. The summed E-state index contributed by atoms with van der Waals surface area (Å²) in [7, 11) is 0. The van der Waals surface area contributed by atoms with E-state index in [1.165, 1.54) is 13.0 Å². The molecule has 1 aromatic carbocycles. The van der Waals surface area contributed by atoms with Crippen LogP contribution in [-0.4, -0.2) is 58.9 Å². The Morgan fingerprint density at radius 3 is 2.57 bits per heavy atom. The Balaban J connectivity index is 1.36. The molecule has 9 nitrogen and oxygen atoms in total. The molecule has 0 radical (unpaired) electrons. The van der Waals surface area contributed by atoms with Crippen LogP contribution in [-0.2, 0) is 4.79 Å². The number of halogens is 2. The topological polar surface area (TPSA) is 121 Å². The molecule has 4 rings (SSSR count). The fourth-order valence-electron chi connectivity index (χ4n) is 4.92. The maximum absolute atomic E-state index is 14.0. The molecule has 2 aliphatic heterocycles. The van der Waals surface area contributed by atoms with Crippen LogP contribution in [0.2, 0.25) is 0 Å². The molecule has 0 aliphatic carbocycles. The number of nitrogens with zero attached hydrogens (tertiary/aromatic N) is 3. The van der Waals surface area contributed by atoms with E-state index in [0.29, 0.717) is 12.3 Å². The third-order valence-electron chi connectivity index (χ3n) is 6.81. The maximum Gasteiger partial charge on any atom is 0.330 e. The first-order valence-corrected chi connectivity index (χ1v) is 12.2. The minimum Gasteiger partial charge on any atom is -0.366 e. The lowest BCUT2D eigenvalue weighted by molar-refractivity contribution is -0.115. The molecular formula is C26H30F2N6O3. The summed E-state index contributed by atoms with van der Waals surface area (Å²) in [5.41, 5.74) is 6.75. The van der Waals surface area contributed by atoms with E-state index in [9.17, 15) is 23.2 Å². The number of allylic oxidation sites excluding steroid dienone is 1. The number of imide groups is 1. The standard InChI is InChI=1S/C26H30F2N6O3/c1-16-22(24(29)35)23(18-6-7-19(27)20(28)15-18)34(26(37)32-16)25(36)31-11-4-12-33-13-8-17(9-14-33)21-5-2-3-10-30-21/h2-3,5-7,10,15,17,23H,4,8-9,11-14H2,1H3,(H2,29,35)(H,31,36)(H,32,37). The molecular weight excluding hydrogens is 482 g/mol. The van der Waals surface area contributed by atoms with Crippen LogP contribution in [0.15, 0.2) is 53.9 Å². The quantitative estimate of drug-likeness (QED) is 0.492. The molecule has 1 saturated heterocycles. The average molecular weight is 513 g/mol. The normalized spacial score (nSPS) is 19.1. The highest BCUT2D eigenvalue weighted by molar-refractivity contribution is 6.02. The minimum atomic E-state index is -1.30. The zero-order valence-electron chi connectivity index (χ0n) is 20.5. The second-order valence-corrected chi connectivity index (χ2v) is 9.24. The SMILES string of the molecule is CC1=C(C(N)=O)C(c2ccc(F)c(F)c2)N(C(=O)NCCCN2CCC(c3ccccn3)CC2)C(=O)N1. The number of hydrogen-bond acceptors (Lipinski definition) is 5. The Hall–Kier alpha value is -3.86. The van der Waals surface area contributed by atoms with E-state index < -0.39 is 35.6 Å². The number of pyridine rings is 1. The van der Waals surface area contributed by atoms with E-state index in [-0.39, 0.29) is 23.4 Å². The van der Waals surface area contributed by atoms with Crippen molar-refractivity contribution in [1.29, 1.82) is 0 Å². The molecule has 0 bridgehead atoms. The molecule has 5 amide bonds. The molecule has 3 heterocycles. The Kier molecular flexibility index (Phi) is 8.12. The number of urea groups is 2. The van der Waals surface area contributed by atoms with Gasteiger partial charge in [-0.2, -0.15) is 0 Å². The molecule has 0 saturated carbocycles. The number of aromatic nitrogens is 1. The van der Waals surface area contributed by atoms with Gasteiger partial charge in [-0.1, -0.05) is 12.1 Å². The van der Waals surface area contributed by atoms with E-state index in [4.69, 9.17) is 5.73 Å². The third kappa shape index (κ3) is 5.93. The van der Waals surface area contributed by atoms with Crippen LogP contribution < -0.4 is 16.4 Å². The second kappa shape index (κ2) is 11.5. The lowest BCUT2D eigenvalue weighted by Crippen LogP contribution is -2.55. The summed E-state index contributed by atoms with van der Waals surface area (Å²) in [5, 5.41) is 5.15. The van der Waals surface area contributed by atoms with Crippen LogP contribution in [0.3, 0.4) is 0 Å². The van der Waals surface area contributed by atoms with Crippen LogP contribution in [0.1, 0.15) is 49.4 Å². The van der Waals surface area contributed by atoms with Crippen LogP contribution in [0.5, 0.6) is 0 Å². The van der Waals surface area contributed by atoms with Crippen molar-refractivity contribution in [3.05, 3.63) is 76.8 Å². The Morgan fingerprint density at radius 2 is 1.92 bits per heavy atom. The minimum absolute atomic E-state index is 0.0489. The largest absolute Gasteiger partial charge is 0.366 e. The lowest BCUT2D eigenvalue weighted by atomic mass is 9.93. The number of carbonyl (C=O) groups excluding carboxylic acids is 3. The van der Waals surface area contributed by atoms with Crippen LogP contribution in [0.4, 0.5) is 18.4 Å². The predicted molar refractivity (Wildman–Crippen MR) is 132 cm³/mol. The molecule has 1 aromatic heterocycles. The van der Waals surface area contributed by atoms with Gasteiger partial charge < -0.3 is 21.3 Å². The van der Waals surface area contributed by atoms with Gasteiger partial charge in [0.25, 0.3) is 0 Å². The van der Waals surface area contributed by atoms with E-state index in [2.05, 4.69) is 26.6 Å². The summed E-state index contributed by atoms with van der Waals surface area (Å²) in [6.45, 7) is 4.35. The first-order valence-electron chi connectivity index (χ1n) is 12.2. The molecule has 1 atom stereocenters. The first-order chi connectivity index (χ1) is 17.8. The Labute approximate surface area is 213 Å². The molecule has 1 fully saturated rings. The fraction of sp³-hybridized carbons (Fsp3) is 0.385. The van der Waals surface area contributed by atoms with Gasteiger partial charge in [0.1, 0.15) is 6.04 Å². The summed E-state index contributed by atoms with van der Waals surface area (Å²) in [6.07, 6.45) is 4.47. The van der Waals surface area contributed by atoms with Gasteiger partial charge in [0.15, 0.2) is 11.6 Å². The van der Waals surface area contributed by atoms with Crippen molar-refractivity contribution >= 4 is 18.0 Å². The van der Waals surface area contributed by atoms with Gasteiger partial charge in [0.05, 0.1) is 5.57 Å². The number of hydrogen-bond donors (Lipinski definition) is 3. The summed E-state index contributed by atoms with van der Waals surface area (Å²) < 4.78 is 27.5. The van der Waals surface area contributed by atoms with E-state index >= 15 is 0 Å². The molecule has 2 aromatic rings. The number of rotatable bonds is 7. The third-order valence-corrected chi connectivity index (χ3v) is 6.81. The number of piperidine rings is 1. The summed E-state index contributed by atoms with van der Waals surface area (Å²) in [4.78, 5) is 45.6. The molecule has 196 valence electrons. The van der Waals surface area contributed by atoms with Crippen molar-refractivity contribution in [3.8, 4) is 0 Å². The van der Waals surface area contributed by atoms with Crippen molar-refractivity contribution in [3.63, 3.8) is 0 Å².